The van der Waals surface area contributed by atoms with Gasteiger partial charge in [-0.05, 0) is 51.1 Å². The van der Waals surface area contributed by atoms with Crippen LogP contribution in [0, 0.1) is 11.7 Å². The van der Waals surface area contributed by atoms with E-state index in [2.05, 4.69) is 45.1 Å². The summed E-state index contributed by atoms with van der Waals surface area (Å²) in [5.41, 5.74) is 1.13. The number of rotatable bonds is 7. The molecule has 0 aromatic heterocycles. The predicted octanol–water partition coefficient (Wildman–Crippen LogP) is 3.45. The molecule has 1 aromatic carbocycles. The van der Waals surface area contributed by atoms with Crippen LogP contribution in [-0.4, -0.2) is 31.6 Å². The van der Waals surface area contributed by atoms with E-state index < -0.39 is 0 Å². The van der Waals surface area contributed by atoms with Crippen LogP contribution in [0.2, 0.25) is 0 Å². The smallest absolute Gasteiger partial charge is 0.123 e. The Balaban J connectivity index is 2.51. The zero-order chi connectivity index (χ0) is 14.4. The number of halogens is 1. The molecule has 3 heteroatoms. The molecule has 19 heavy (non-hydrogen) atoms. The highest BCUT2D eigenvalue weighted by atomic mass is 19.1. The molecule has 0 saturated heterocycles. The van der Waals surface area contributed by atoms with Gasteiger partial charge in [-0.15, -0.1) is 0 Å². The van der Waals surface area contributed by atoms with Crippen molar-refractivity contribution in [1.29, 1.82) is 0 Å². The molecule has 1 N–H and O–H groups in total. The topological polar surface area (TPSA) is 15.3 Å². The maximum Gasteiger partial charge on any atom is 0.123 e. The monoisotopic (exact) mass is 266 g/mol. The van der Waals surface area contributed by atoms with Crippen LogP contribution in [0.15, 0.2) is 24.3 Å². The van der Waals surface area contributed by atoms with Crippen molar-refractivity contribution in [3.8, 4) is 0 Å². The number of nitrogens with zero attached hydrogens (tertiary/aromatic N) is 1. The highest BCUT2D eigenvalue weighted by Gasteiger charge is 2.14. The SMILES string of the molecule is CC(C)CC(CNC(C)c1ccc(F)cc1)N(C)C. The zero-order valence-corrected chi connectivity index (χ0v) is 12.8. The van der Waals surface area contributed by atoms with E-state index in [4.69, 9.17) is 0 Å². The molecule has 2 nitrogen and oxygen atoms in total. The van der Waals surface area contributed by atoms with Crippen LogP contribution in [-0.2, 0) is 0 Å². The number of benzene rings is 1. The van der Waals surface area contributed by atoms with Crippen LogP contribution >= 0.6 is 0 Å². The minimum Gasteiger partial charge on any atom is -0.309 e. The molecule has 0 aliphatic heterocycles. The van der Waals surface area contributed by atoms with Crippen molar-refractivity contribution < 1.29 is 4.39 Å². The second-order valence-corrected chi connectivity index (χ2v) is 5.93. The molecule has 108 valence electrons. The van der Waals surface area contributed by atoms with Crippen LogP contribution in [0.4, 0.5) is 4.39 Å². The summed E-state index contributed by atoms with van der Waals surface area (Å²) in [6.45, 7) is 7.57. The van der Waals surface area contributed by atoms with Crippen molar-refractivity contribution in [2.75, 3.05) is 20.6 Å². The molecular formula is C16H27FN2. The standard InChI is InChI=1S/C16H27FN2/c1-12(2)10-16(19(4)5)11-18-13(3)14-6-8-15(17)9-7-14/h6-9,12-13,16,18H,10-11H2,1-5H3. The lowest BCUT2D eigenvalue weighted by Crippen LogP contribution is -2.39. The van der Waals surface area contributed by atoms with Gasteiger partial charge >= 0.3 is 0 Å². The van der Waals surface area contributed by atoms with Gasteiger partial charge in [-0.25, -0.2) is 4.39 Å². The lowest BCUT2D eigenvalue weighted by molar-refractivity contribution is 0.242. The first-order valence-corrected chi connectivity index (χ1v) is 7.05. The number of nitrogens with one attached hydrogen (secondary N) is 1. The summed E-state index contributed by atoms with van der Waals surface area (Å²) >= 11 is 0. The fourth-order valence-corrected chi connectivity index (χ4v) is 2.20. The van der Waals surface area contributed by atoms with Crippen LogP contribution in [0.3, 0.4) is 0 Å². The van der Waals surface area contributed by atoms with Crippen LogP contribution in [0.1, 0.15) is 38.8 Å². The molecule has 2 unspecified atom stereocenters. The molecule has 1 aromatic rings. The molecule has 0 radical (unpaired) electrons. The van der Waals surface area contributed by atoms with E-state index in [9.17, 15) is 4.39 Å². The Bertz CT molecular complexity index is 360. The summed E-state index contributed by atoms with van der Waals surface area (Å²) in [5, 5.41) is 3.54. The predicted molar refractivity (Wildman–Crippen MR) is 79.7 cm³/mol. The van der Waals surface area contributed by atoms with Gasteiger partial charge in [0.25, 0.3) is 0 Å². The zero-order valence-electron chi connectivity index (χ0n) is 12.8. The maximum atomic E-state index is 12.9. The van der Waals surface area contributed by atoms with Gasteiger partial charge in [0.1, 0.15) is 5.82 Å². The van der Waals surface area contributed by atoms with Gasteiger partial charge in [-0.1, -0.05) is 26.0 Å². The van der Waals surface area contributed by atoms with Crippen molar-refractivity contribution in [3.63, 3.8) is 0 Å². The minimum atomic E-state index is -0.179. The third kappa shape index (κ3) is 5.70. The Kier molecular flexibility index (Phi) is 6.46. The van der Waals surface area contributed by atoms with Gasteiger partial charge in [0, 0.05) is 18.6 Å². The molecule has 0 spiro atoms. The van der Waals surface area contributed by atoms with E-state index in [0.717, 1.165) is 12.1 Å². The quantitative estimate of drug-likeness (QED) is 0.813. The summed E-state index contributed by atoms with van der Waals surface area (Å²) in [7, 11) is 4.24. The van der Waals surface area contributed by atoms with Crippen molar-refractivity contribution in [1.82, 2.24) is 10.2 Å². The first-order valence-electron chi connectivity index (χ1n) is 7.05. The Morgan fingerprint density at radius 1 is 1.11 bits per heavy atom. The fraction of sp³-hybridized carbons (Fsp3) is 0.625. The van der Waals surface area contributed by atoms with E-state index >= 15 is 0 Å². The molecule has 0 saturated carbocycles. The molecule has 0 fully saturated rings. The maximum absolute atomic E-state index is 12.9. The van der Waals surface area contributed by atoms with Gasteiger partial charge in [0.05, 0.1) is 0 Å². The minimum absolute atomic E-state index is 0.179. The first-order chi connectivity index (χ1) is 8.90. The summed E-state index contributed by atoms with van der Waals surface area (Å²) in [6, 6.07) is 7.51. The van der Waals surface area contributed by atoms with Crippen molar-refractivity contribution in [3.05, 3.63) is 35.6 Å². The Morgan fingerprint density at radius 2 is 1.68 bits per heavy atom. The van der Waals surface area contributed by atoms with Crippen LogP contribution in [0.5, 0.6) is 0 Å². The first kappa shape index (κ1) is 16.1. The van der Waals surface area contributed by atoms with Gasteiger partial charge in [0.15, 0.2) is 0 Å². The van der Waals surface area contributed by atoms with Crippen LogP contribution < -0.4 is 5.32 Å². The summed E-state index contributed by atoms with van der Waals surface area (Å²) < 4.78 is 12.9. The molecule has 0 amide bonds. The lowest BCUT2D eigenvalue weighted by Gasteiger charge is -2.28. The van der Waals surface area contributed by atoms with Crippen molar-refractivity contribution in [2.24, 2.45) is 5.92 Å². The average molecular weight is 266 g/mol. The summed E-state index contributed by atoms with van der Waals surface area (Å²) in [6.07, 6.45) is 1.18. The van der Waals surface area contributed by atoms with E-state index in [1.54, 1.807) is 0 Å². The fourth-order valence-electron chi connectivity index (χ4n) is 2.20. The summed E-state index contributed by atoms with van der Waals surface area (Å²) in [5.74, 6) is 0.511. The van der Waals surface area contributed by atoms with Gasteiger partial charge in [-0.3, -0.25) is 0 Å². The number of hydrogen-bond donors (Lipinski definition) is 1. The second kappa shape index (κ2) is 7.61. The van der Waals surface area contributed by atoms with Gasteiger partial charge in [0.2, 0.25) is 0 Å². The van der Waals surface area contributed by atoms with Crippen molar-refractivity contribution >= 4 is 0 Å². The summed E-state index contributed by atoms with van der Waals surface area (Å²) in [4.78, 5) is 2.27. The third-order valence-corrected chi connectivity index (χ3v) is 3.50. The molecule has 1 rings (SSSR count). The van der Waals surface area contributed by atoms with E-state index in [1.807, 2.05) is 12.1 Å². The number of hydrogen-bond acceptors (Lipinski definition) is 2. The van der Waals surface area contributed by atoms with Crippen LogP contribution in [0.25, 0.3) is 0 Å². The van der Waals surface area contributed by atoms with E-state index in [1.165, 1.54) is 18.6 Å². The molecular weight excluding hydrogens is 239 g/mol. The highest BCUT2D eigenvalue weighted by Crippen LogP contribution is 2.14. The Labute approximate surface area is 117 Å². The Hall–Kier alpha value is -0.930. The van der Waals surface area contributed by atoms with Gasteiger partial charge in [-0.2, -0.15) is 0 Å². The molecule has 0 bridgehead atoms. The normalized spacial score (nSPS) is 14.9. The highest BCUT2D eigenvalue weighted by molar-refractivity contribution is 5.19. The largest absolute Gasteiger partial charge is 0.309 e. The van der Waals surface area contributed by atoms with Gasteiger partial charge < -0.3 is 10.2 Å². The molecule has 2 atom stereocenters. The average Bonchev–Trinajstić information content (AvgIpc) is 2.34. The second-order valence-electron chi connectivity index (χ2n) is 5.93. The van der Waals surface area contributed by atoms with E-state index in [-0.39, 0.29) is 11.9 Å². The molecule has 0 heterocycles. The molecule has 0 aliphatic carbocycles. The van der Waals surface area contributed by atoms with Crippen molar-refractivity contribution in [2.45, 2.75) is 39.3 Å². The third-order valence-electron chi connectivity index (χ3n) is 3.50. The van der Waals surface area contributed by atoms with E-state index in [0.29, 0.717) is 12.0 Å². The lowest BCUT2D eigenvalue weighted by atomic mass is 10.0. The number of likely N-dealkylation sites (N-methyl/N-ethyl adjacent to an activating group) is 1. The molecule has 0 aliphatic rings. The Morgan fingerprint density at radius 3 is 2.16 bits per heavy atom.